The Hall–Kier alpha value is -1.62. The van der Waals surface area contributed by atoms with E-state index in [-0.39, 0.29) is 11.9 Å². The molecule has 1 aliphatic heterocycles. The fourth-order valence-electron chi connectivity index (χ4n) is 2.69. The quantitative estimate of drug-likeness (QED) is 0.636. The van der Waals surface area contributed by atoms with Crippen LogP contribution in [0.1, 0.15) is 36.1 Å². The average molecular weight is 261 g/mol. The van der Waals surface area contributed by atoms with Gasteiger partial charge in [0, 0.05) is 18.5 Å². The zero-order chi connectivity index (χ0) is 13.2. The summed E-state index contributed by atoms with van der Waals surface area (Å²) in [5.74, 6) is 0.560. The first-order valence-corrected chi connectivity index (χ1v) is 6.85. The van der Waals surface area contributed by atoms with Crippen LogP contribution in [0.4, 0.5) is 0 Å². The van der Waals surface area contributed by atoms with Crippen LogP contribution in [-0.2, 0) is 17.6 Å². The first kappa shape index (κ1) is 12.4. The highest BCUT2D eigenvalue weighted by atomic mass is 16.5. The maximum atomic E-state index is 7.69. The lowest BCUT2D eigenvalue weighted by molar-refractivity contribution is 0.0236. The van der Waals surface area contributed by atoms with E-state index in [2.05, 4.69) is 4.98 Å². The van der Waals surface area contributed by atoms with Gasteiger partial charge in [0.2, 0.25) is 5.88 Å². The predicted molar refractivity (Wildman–Crippen MR) is 71.7 cm³/mol. The molecule has 1 saturated heterocycles. The van der Waals surface area contributed by atoms with Crippen molar-refractivity contribution in [3.8, 4) is 5.88 Å². The van der Waals surface area contributed by atoms with Crippen LogP contribution >= 0.6 is 0 Å². The number of nitrogen functional groups attached to an aromatic ring is 1. The van der Waals surface area contributed by atoms with E-state index in [1.54, 1.807) is 0 Å². The second-order valence-electron chi connectivity index (χ2n) is 5.14. The summed E-state index contributed by atoms with van der Waals surface area (Å²) < 4.78 is 11.3. The number of nitrogens with one attached hydrogen (secondary N) is 1. The number of hydrogen-bond donors (Lipinski definition) is 2. The number of aryl methyl sites for hydroxylation is 2. The number of aromatic nitrogens is 1. The SMILES string of the molecule is N=C(N)c1cc2c(nc1OC1CCOCC1)CCC2. The van der Waals surface area contributed by atoms with E-state index in [1.807, 2.05) is 6.07 Å². The van der Waals surface area contributed by atoms with Crippen molar-refractivity contribution >= 4 is 5.84 Å². The van der Waals surface area contributed by atoms with Crippen molar-refractivity contribution in [2.24, 2.45) is 5.73 Å². The first-order chi connectivity index (χ1) is 9.24. The third-order valence-corrected chi connectivity index (χ3v) is 3.75. The largest absolute Gasteiger partial charge is 0.474 e. The Morgan fingerprint density at radius 3 is 2.89 bits per heavy atom. The van der Waals surface area contributed by atoms with Crippen molar-refractivity contribution in [2.75, 3.05) is 13.2 Å². The van der Waals surface area contributed by atoms with Crippen LogP contribution in [0.5, 0.6) is 5.88 Å². The number of ether oxygens (including phenoxy) is 2. The second kappa shape index (κ2) is 5.17. The molecule has 0 atom stereocenters. The van der Waals surface area contributed by atoms with Gasteiger partial charge >= 0.3 is 0 Å². The molecule has 0 bridgehead atoms. The van der Waals surface area contributed by atoms with Gasteiger partial charge in [-0.2, -0.15) is 0 Å². The Kier molecular flexibility index (Phi) is 3.38. The summed E-state index contributed by atoms with van der Waals surface area (Å²) in [6.07, 6.45) is 5.02. The van der Waals surface area contributed by atoms with Gasteiger partial charge in [-0.15, -0.1) is 0 Å². The fourth-order valence-corrected chi connectivity index (χ4v) is 2.69. The first-order valence-electron chi connectivity index (χ1n) is 6.85. The van der Waals surface area contributed by atoms with Crippen molar-refractivity contribution < 1.29 is 9.47 Å². The van der Waals surface area contributed by atoms with Gasteiger partial charge in [0.05, 0.1) is 18.8 Å². The minimum absolute atomic E-state index is 0.0317. The van der Waals surface area contributed by atoms with Gasteiger partial charge in [-0.25, -0.2) is 4.98 Å². The van der Waals surface area contributed by atoms with Crippen LogP contribution < -0.4 is 10.5 Å². The summed E-state index contributed by atoms with van der Waals surface area (Å²) in [7, 11) is 0. The number of pyridine rings is 1. The van der Waals surface area contributed by atoms with E-state index >= 15 is 0 Å². The molecule has 5 nitrogen and oxygen atoms in total. The molecule has 2 aliphatic rings. The lowest BCUT2D eigenvalue weighted by atomic mass is 10.1. The van der Waals surface area contributed by atoms with Gasteiger partial charge in [-0.1, -0.05) is 0 Å². The van der Waals surface area contributed by atoms with Crippen LogP contribution in [0.15, 0.2) is 6.07 Å². The molecule has 0 spiro atoms. The number of nitrogens with two attached hydrogens (primary N) is 1. The maximum absolute atomic E-state index is 7.69. The predicted octanol–water partition coefficient (Wildman–Crippen LogP) is 1.41. The zero-order valence-corrected chi connectivity index (χ0v) is 10.9. The van der Waals surface area contributed by atoms with E-state index in [1.165, 1.54) is 5.56 Å². The lowest BCUT2D eigenvalue weighted by Gasteiger charge is -2.24. The molecule has 2 heterocycles. The molecule has 1 aliphatic carbocycles. The molecule has 1 fully saturated rings. The van der Waals surface area contributed by atoms with Crippen molar-refractivity contribution in [3.05, 3.63) is 22.9 Å². The van der Waals surface area contributed by atoms with Gasteiger partial charge < -0.3 is 15.2 Å². The molecule has 0 saturated carbocycles. The standard InChI is InChI=1S/C14H19N3O2/c15-13(16)11-8-9-2-1-3-12(9)17-14(11)19-10-4-6-18-7-5-10/h8,10H,1-7H2,(H3,15,16). The monoisotopic (exact) mass is 261 g/mol. The third kappa shape index (κ3) is 2.56. The van der Waals surface area contributed by atoms with E-state index in [0.29, 0.717) is 11.4 Å². The maximum Gasteiger partial charge on any atom is 0.225 e. The minimum atomic E-state index is 0.0317. The van der Waals surface area contributed by atoms with Crippen LogP contribution in [-0.4, -0.2) is 30.1 Å². The Morgan fingerprint density at radius 2 is 2.16 bits per heavy atom. The topological polar surface area (TPSA) is 81.2 Å². The molecule has 3 rings (SSSR count). The van der Waals surface area contributed by atoms with Gasteiger partial charge in [0.1, 0.15) is 11.9 Å². The van der Waals surface area contributed by atoms with E-state index in [9.17, 15) is 0 Å². The molecule has 19 heavy (non-hydrogen) atoms. The third-order valence-electron chi connectivity index (χ3n) is 3.75. The van der Waals surface area contributed by atoms with Crippen LogP contribution in [0.25, 0.3) is 0 Å². The molecule has 0 unspecified atom stereocenters. The van der Waals surface area contributed by atoms with Gasteiger partial charge in [0.25, 0.3) is 0 Å². The number of fused-ring (bicyclic) bond motifs is 1. The molecule has 5 heteroatoms. The highest BCUT2D eigenvalue weighted by Crippen LogP contribution is 2.28. The van der Waals surface area contributed by atoms with Gasteiger partial charge in [-0.05, 0) is 30.9 Å². The Balaban J connectivity index is 1.87. The minimum Gasteiger partial charge on any atom is -0.474 e. The molecular weight excluding hydrogens is 242 g/mol. The number of hydrogen-bond acceptors (Lipinski definition) is 4. The Labute approximate surface area is 112 Å². The van der Waals surface area contributed by atoms with E-state index < -0.39 is 0 Å². The van der Waals surface area contributed by atoms with Crippen LogP contribution in [0.2, 0.25) is 0 Å². The summed E-state index contributed by atoms with van der Waals surface area (Å²) in [4.78, 5) is 4.58. The highest BCUT2D eigenvalue weighted by Gasteiger charge is 2.22. The van der Waals surface area contributed by atoms with Gasteiger partial charge in [-0.3, -0.25) is 5.41 Å². The molecular formula is C14H19N3O2. The van der Waals surface area contributed by atoms with Crippen molar-refractivity contribution in [2.45, 2.75) is 38.2 Å². The second-order valence-corrected chi connectivity index (χ2v) is 5.14. The Bertz CT molecular complexity index is 496. The molecule has 0 aromatic carbocycles. The Morgan fingerprint density at radius 1 is 1.37 bits per heavy atom. The molecule has 3 N–H and O–H groups in total. The van der Waals surface area contributed by atoms with Crippen molar-refractivity contribution in [1.29, 1.82) is 5.41 Å². The summed E-state index contributed by atoms with van der Waals surface area (Å²) in [6.45, 7) is 1.45. The van der Waals surface area contributed by atoms with Crippen molar-refractivity contribution in [3.63, 3.8) is 0 Å². The molecule has 0 radical (unpaired) electrons. The molecule has 0 amide bonds. The fraction of sp³-hybridized carbons (Fsp3) is 0.571. The average Bonchev–Trinajstić information content (AvgIpc) is 2.86. The zero-order valence-electron chi connectivity index (χ0n) is 10.9. The normalized spacial score (nSPS) is 19.2. The smallest absolute Gasteiger partial charge is 0.225 e. The van der Waals surface area contributed by atoms with Crippen LogP contribution in [0, 0.1) is 5.41 Å². The molecule has 1 aromatic rings. The summed E-state index contributed by atoms with van der Waals surface area (Å²) in [5, 5.41) is 7.69. The highest BCUT2D eigenvalue weighted by molar-refractivity contribution is 5.97. The van der Waals surface area contributed by atoms with Crippen LogP contribution in [0.3, 0.4) is 0 Å². The number of rotatable bonds is 3. The lowest BCUT2D eigenvalue weighted by Crippen LogP contribution is -2.27. The number of amidine groups is 1. The van der Waals surface area contributed by atoms with E-state index in [4.69, 9.17) is 20.6 Å². The molecule has 102 valence electrons. The molecule has 1 aromatic heterocycles. The van der Waals surface area contributed by atoms with Gasteiger partial charge in [0.15, 0.2) is 0 Å². The summed E-state index contributed by atoms with van der Waals surface area (Å²) in [6, 6.07) is 1.98. The summed E-state index contributed by atoms with van der Waals surface area (Å²) >= 11 is 0. The van der Waals surface area contributed by atoms with Crippen molar-refractivity contribution in [1.82, 2.24) is 4.98 Å². The summed E-state index contributed by atoms with van der Waals surface area (Å²) in [5.41, 5.74) is 8.60. The number of nitrogens with zero attached hydrogens (tertiary/aromatic N) is 1. The van der Waals surface area contributed by atoms with E-state index in [0.717, 1.165) is 51.0 Å².